The van der Waals surface area contributed by atoms with Gasteiger partial charge in [-0.2, -0.15) is 0 Å². The van der Waals surface area contributed by atoms with Crippen molar-refractivity contribution in [3.8, 4) is 5.75 Å². The molecule has 0 saturated carbocycles. The first-order valence-corrected chi connectivity index (χ1v) is 7.70. The summed E-state index contributed by atoms with van der Waals surface area (Å²) in [6, 6.07) is 9.29. The zero-order chi connectivity index (χ0) is 18.9. The average Bonchev–Trinajstić information content (AvgIpc) is 2.59. The third kappa shape index (κ3) is 3.61. The maximum Gasteiger partial charge on any atom is 0.573 e. The second-order valence-corrected chi connectivity index (χ2v) is 5.67. The highest BCUT2D eigenvalue weighted by Crippen LogP contribution is 2.34. The number of nitro groups is 1. The molecule has 0 N–H and O–H groups in total. The summed E-state index contributed by atoms with van der Waals surface area (Å²) in [6.07, 6.45) is -3.80. The number of fused-ring (bicyclic) bond motifs is 1. The fourth-order valence-electron chi connectivity index (χ4n) is 2.94. The molecule has 0 aromatic heterocycles. The van der Waals surface area contributed by atoms with Gasteiger partial charge in [0.25, 0.3) is 11.6 Å². The number of carbonyl (C=O) groups excluding carboxylic acids is 1. The van der Waals surface area contributed by atoms with Crippen molar-refractivity contribution in [2.75, 3.05) is 11.4 Å². The van der Waals surface area contributed by atoms with Gasteiger partial charge in [0.1, 0.15) is 11.3 Å². The molecule has 2 aromatic carbocycles. The van der Waals surface area contributed by atoms with Gasteiger partial charge in [-0.05, 0) is 42.7 Å². The monoisotopic (exact) mass is 366 g/mol. The van der Waals surface area contributed by atoms with Crippen molar-refractivity contribution >= 4 is 17.3 Å². The Morgan fingerprint density at radius 3 is 2.62 bits per heavy atom. The Morgan fingerprint density at radius 2 is 1.92 bits per heavy atom. The number of ether oxygens (including phenoxy) is 1. The van der Waals surface area contributed by atoms with Crippen LogP contribution in [0.2, 0.25) is 0 Å². The molecule has 3 rings (SSSR count). The first kappa shape index (κ1) is 17.7. The van der Waals surface area contributed by atoms with Gasteiger partial charge in [0.05, 0.1) is 4.92 Å². The Bertz CT molecular complexity index is 867. The zero-order valence-corrected chi connectivity index (χ0v) is 13.3. The number of hydrogen-bond donors (Lipinski definition) is 0. The van der Waals surface area contributed by atoms with E-state index in [1.54, 1.807) is 0 Å². The quantitative estimate of drug-likeness (QED) is 0.606. The lowest BCUT2D eigenvalue weighted by Gasteiger charge is -2.29. The summed E-state index contributed by atoms with van der Waals surface area (Å²) in [6.45, 7) is 0.317. The molecule has 9 heteroatoms. The minimum Gasteiger partial charge on any atom is -0.406 e. The maximum absolute atomic E-state index is 12.8. The summed E-state index contributed by atoms with van der Waals surface area (Å²) in [5.74, 6) is -0.931. The van der Waals surface area contributed by atoms with Crippen molar-refractivity contribution in [3.05, 3.63) is 63.7 Å². The number of amides is 1. The molecule has 1 aliphatic heterocycles. The molecule has 0 saturated heterocycles. The normalized spacial score (nSPS) is 13.9. The number of alkyl halides is 3. The van der Waals surface area contributed by atoms with Gasteiger partial charge in [-0.25, -0.2) is 0 Å². The summed E-state index contributed by atoms with van der Waals surface area (Å²) in [5.41, 5.74) is 0.557. The molecule has 136 valence electrons. The fraction of sp³-hybridized carbons (Fsp3) is 0.235. The summed E-state index contributed by atoms with van der Waals surface area (Å²) < 4.78 is 41.0. The van der Waals surface area contributed by atoms with E-state index in [9.17, 15) is 28.1 Å². The third-order valence-electron chi connectivity index (χ3n) is 3.98. The first-order valence-electron chi connectivity index (χ1n) is 7.70. The SMILES string of the molecule is O=C(c1ccccc1[N+](=O)[O-])N1CCCc2cc(OC(F)(F)F)ccc21. The summed E-state index contributed by atoms with van der Waals surface area (Å²) in [7, 11) is 0. The Hall–Kier alpha value is -3.10. The second-order valence-electron chi connectivity index (χ2n) is 5.67. The van der Waals surface area contributed by atoms with Crippen molar-refractivity contribution in [2.24, 2.45) is 0 Å². The van der Waals surface area contributed by atoms with Gasteiger partial charge in [-0.3, -0.25) is 14.9 Å². The molecule has 1 aliphatic rings. The number of para-hydroxylation sites is 1. The van der Waals surface area contributed by atoms with Crippen LogP contribution in [-0.2, 0) is 6.42 Å². The van der Waals surface area contributed by atoms with Crippen LogP contribution in [-0.4, -0.2) is 23.7 Å². The predicted octanol–water partition coefficient (Wildman–Crippen LogP) is 4.09. The minimum absolute atomic E-state index is 0.0685. The minimum atomic E-state index is -4.80. The predicted molar refractivity (Wildman–Crippen MR) is 86.2 cm³/mol. The largest absolute Gasteiger partial charge is 0.573 e. The summed E-state index contributed by atoms with van der Waals surface area (Å²) in [4.78, 5) is 24.7. The van der Waals surface area contributed by atoms with Crippen molar-refractivity contribution in [2.45, 2.75) is 19.2 Å². The zero-order valence-electron chi connectivity index (χ0n) is 13.3. The van der Waals surface area contributed by atoms with Gasteiger partial charge in [0.2, 0.25) is 0 Å². The maximum atomic E-state index is 12.8. The van der Waals surface area contributed by atoms with Crippen molar-refractivity contribution in [3.63, 3.8) is 0 Å². The molecule has 2 aromatic rings. The number of benzene rings is 2. The molecule has 0 spiro atoms. The number of carbonyl (C=O) groups is 1. The number of nitrogens with zero attached hydrogens (tertiary/aromatic N) is 2. The van der Waals surface area contributed by atoms with Gasteiger partial charge in [0.15, 0.2) is 0 Å². The molecule has 0 radical (unpaired) electrons. The van der Waals surface area contributed by atoms with Crippen LogP contribution < -0.4 is 9.64 Å². The lowest BCUT2D eigenvalue weighted by Crippen LogP contribution is -2.35. The van der Waals surface area contributed by atoms with E-state index in [1.165, 1.54) is 41.3 Å². The number of halogens is 3. The lowest BCUT2D eigenvalue weighted by molar-refractivity contribution is -0.385. The van der Waals surface area contributed by atoms with Crippen LogP contribution in [0, 0.1) is 10.1 Å². The number of nitro benzene ring substituents is 1. The highest BCUT2D eigenvalue weighted by molar-refractivity contribution is 6.09. The highest BCUT2D eigenvalue weighted by Gasteiger charge is 2.32. The summed E-state index contributed by atoms with van der Waals surface area (Å²) >= 11 is 0. The van der Waals surface area contributed by atoms with Gasteiger partial charge in [0, 0.05) is 18.3 Å². The van der Waals surface area contributed by atoms with E-state index in [1.807, 2.05) is 0 Å². The van der Waals surface area contributed by atoms with Crippen molar-refractivity contribution in [1.29, 1.82) is 0 Å². The number of hydrogen-bond acceptors (Lipinski definition) is 4. The Kier molecular flexibility index (Phi) is 4.54. The van der Waals surface area contributed by atoms with Crippen LogP contribution in [0.5, 0.6) is 5.75 Å². The van der Waals surface area contributed by atoms with Gasteiger partial charge < -0.3 is 9.64 Å². The number of anilines is 1. The molecule has 0 bridgehead atoms. The van der Waals surface area contributed by atoms with Crippen LogP contribution >= 0.6 is 0 Å². The van der Waals surface area contributed by atoms with Crippen LogP contribution in [0.1, 0.15) is 22.3 Å². The van der Waals surface area contributed by atoms with E-state index < -0.39 is 17.2 Å². The number of rotatable bonds is 3. The van der Waals surface area contributed by atoms with Gasteiger partial charge in [-0.15, -0.1) is 13.2 Å². The lowest BCUT2D eigenvalue weighted by atomic mass is 10.00. The topological polar surface area (TPSA) is 72.7 Å². The molecule has 0 atom stereocenters. The third-order valence-corrected chi connectivity index (χ3v) is 3.98. The van der Waals surface area contributed by atoms with Gasteiger partial charge in [-0.1, -0.05) is 12.1 Å². The standard InChI is InChI=1S/C17H13F3N2O4/c18-17(19,20)26-12-7-8-14-11(10-12)4-3-9-21(14)16(23)13-5-1-2-6-15(13)22(24)25/h1-2,5-8,10H,3-4,9H2. The molecular formula is C17H13F3N2O4. The molecule has 1 heterocycles. The second kappa shape index (κ2) is 6.66. The van der Waals surface area contributed by atoms with E-state index in [-0.39, 0.29) is 17.0 Å². The van der Waals surface area contributed by atoms with Crippen LogP contribution in [0.25, 0.3) is 0 Å². The smallest absolute Gasteiger partial charge is 0.406 e. The van der Waals surface area contributed by atoms with E-state index in [0.29, 0.717) is 30.6 Å². The van der Waals surface area contributed by atoms with Crippen LogP contribution in [0.15, 0.2) is 42.5 Å². The van der Waals surface area contributed by atoms with E-state index in [0.717, 1.165) is 6.07 Å². The first-order chi connectivity index (χ1) is 12.3. The molecule has 1 amide bonds. The van der Waals surface area contributed by atoms with Gasteiger partial charge >= 0.3 is 6.36 Å². The van der Waals surface area contributed by atoms with Crippen molar-refractivity contribution < 1.29 is 27.6 Å². The summed E-state index contributed by atoms with van der Waals surface area (Å²) in [5, 5.41) is 11.1. The Labute approximate surface area is 145 Å². The van der Waals surface area contributed by atoms with Crippen LogP contribution in [0.3, 0.4) is 0 Å². The van der Waals surface area contributed by atoms with E-state index in [2.05, 4.69) is 4.74 Å². The van der Waals surface area contributed by atoms with Crippen molar-refractivity contribution in [1.82, 2.24) is 0 Å². The molecule has 0 unspecified atom stereocenters. The Balaban J connectivity index is 1.95. The Morgan fingerprint density at radius 1 is 1.19 bits per heavy atom. The molecule has 26 heavy (non-hydrogen) atoms. The average molecular weight is 366 g/mol. The molecule has 0 fully saturated rings. The van der Waals surface area contributed by atoms with E-state index >= 15 is 0 Å². The fourth-order valence-corrected chi connectivity index (χ4v) is 2.94. The molecular weight excluding hydrogens is 353 g/mol. The van der Waals surface area contributed by atoms with E-state index in [4.69, 9.17) is 0 Å². The highest BCUT2D eigenvalue weighted by atomic mass is 19.4. The molecule has 0 aliphatic carbocycles. The molecule has 6 nitrogen and oxygen atoms in total. The van der Waals surface area contributed by atoms with Crippen LogP contribution in [0.4, 0.5) is 24.5 Å². The number of aryl methyl sites for hydroxylation is 1.